The number of carbonyl (C=O) groups excluding carboxylic acids is 3. The summed E-state index contributed by atoms with van der Waals surface area (Å²) in [4.78, 5) is 69.3. The number of aliphatic hydroxyl groups is 1. The van der Waals surface area contributed by atoms with Crippen molar-refractivity contribution in [1.82, 2.24) is 50.4 Å². The van der Waals surface area contributed by atoms with Crippen molar-refractivity contribution in [2.75, 3.05) is 64.0 Å². The second kappa shape index (κ2) is 23.6. The number of piperazine rings is 1. The van der Waals surface area contributed by atoms with Crippen molar-refractivity contribution >= 4 is 56.7 Å². The van der Waals surface area contributed by atoms with E-state index in [9.17, 15) is 24.6 Å². The molecule has 3 amide bonds. The van der Waals surface area contributed by atoms with Crippen molar-refractivity contribution in [1.29, 1.82) is 0 Å². The van der Waals surface area contributed by atoms with E-state index >= 15 is 4.39 Å². The van der Waals surface area contributed by atoms with Crippen LogP contribution in [0, 0.1) is 24.6 Å². The Morgan fingerprint density at radius 3 is 2.51 bits per heavy atom. The second-order valence-electron chi connectivity index (χ2n) is 24.9. The summed E-state index contributed by atoms with van der Waals surface area (Å²) in [5, 5.41) is 34.6. The summed E-state index contributed by atoms with van der Waals surface area (Å²) in [5.74, 6) is -1.17. The number of aliphatic hydroxyl groups excluding tert-OH is 1. The minimum atomic E-state index is -0.873. The molecule has 6 aliphatic rings. The molecule has 0 aliphatic carbocycles. The van der Waals surface area contributed by atoms with E-state index in [1.54, 1.807) is 40.6 Å². The zero-order valence-corrected chi connectivity index (χ0v) is 50.0. The molecule has 6 aliphatic heterocycles. The topological polar surface area (TPSA) is 234 Å². The highest BCUT2D eigenvalue weighted by Gasteiger charge is 2.51. The van der Waals surface area contributed by atoms with Gasteiger partial charge in [-0.15, -0.1) is 11.3 Å². The number of likely N-dealkylation sites (tertiary alicyclic amines) is 2. The van der Waals surface area contributed by atoms with Crippen LogP contribution in [-0.4, -0.2) is 163 Å². The van der Waals surface area contributed by atoms with Gasteiger partial charge in [0.2, 0.25) is 11.8 Å². The first-order valence-electron chi connectivity index (χ1n) is 30.4. The number of hydrogen-bond acceptors (Lipinski definition) is 18. The Balaban J connectivity index is 0.610. The molecule has 86 heavy (non-hydrogen) atoms. The summed E-state index contributed by atoms with van der Waals surface area (Å²) >= 11 is 1.58. The van der Waals surface area contributed by atoms with Crippen LogP contribution in [0.15, 0.2) is 76.9 Å². The van der Waals surface area contributed by atoms with Crippen molar-refractivity contribution in [3.63, 3.8) is 0 Å². The van der Waals surface area contributed by atoms with Gasteiger partial charge in [-0.1, -0.05) is 63.2 Å². The van der Waals surface area contributed by atoms with E-state index in [0.717, 1.165) is 83.1 Å². The molecule has 2 unspecified atom stereocenters. The van der Waals surface area contributed by atoms with E-state index in [1.807, 2.05) is 75.7 Å². The van der Waals surface area contributed by atoms with Crippen molar-refractivity contribution in [2.24, 2.45) is 11.8 Å². The first kappa shape index (κ1) is 57.5. The van der Waals surface area contributed by atoms with Gasteiger partial charge in [-0.05, 0) is 116 Å². The number of amides is 3. The van der Waals surface area contributed by atoms with Crippen LogP contribution in [0.3, 0.4) is 0 Å². The fourth-order valence-corrected chi connectivity index (χ4v) is 15.1. The lowest BCUT2D eigenvalue weighted by Gasteiger charge is -2.38. The molecule has 4 aromatic heterocycles. The van der Waals surface area contributed by atoms with Gasteiger partial charge in [0, 0.05) is 81.0 Å². The quantitative estimate of drug-likeness (QED) is 0.0629. The Kier molecular flexibility index (Phi) is 15.8. The monoisotopic (exact) mass is 1190 g/mol. The summed E-state index contributed by atoms with van der Waals surface area (Å²) < 4.78 is 41.7. The number of anilines is 1. The number of aromatic nitrogens is 5. The molecule has 22 heteroatoms. The average Bonchev–Trinajstić information content (AvgIpc) is 1.61. The minimum absolute atomic E-state index is 0.00953. The maximum absolute atomic E-state index is 17.3. The average molecular weight is 1190 g/mol. The fraction of sp³-hybridized carbons (Fsp3) is 0.500. The maximum atomic E-state index is 17.3. The highest BCUT2D eigenvalue weighted by molar-refractivity contribution is 7.13. The van der Waals surface area contributed by atoms with E-state index < -0.39 is 23.9 Å². The van der Waals surface area contributed by atoms with Gasteiger partial charge in [0.1, 0.15) is 48.0 Å². The van der Waals surface area contributed by atoms with Crippen molar-refractivity contribution in [3.8, 4) is 39.3 Å². The minimum Gasteiger partial charge on any atom is -0.508 e. The van der Waals surface area contributed by atoms with Gasteiger partial charge in [0.05, 0.1) is 45.8 Å². The third kappa shape index (κ3) is 11.1. The van der Waals surface area contributed by atoms with Crippen LogP contribution in [-0.2, 0) is 20.7 Å². The van der Waals surface area contributed by atoms with Crippen LogP contribution in [0.4, 0.5) is 15.0 Å². The zero-order chi connectivity index (χ0) is 59.5. The van der Waals surface area contributed by atoms with Gasteiger partial charge < -0.3 is 54.3 Å². The molecule has 3 aromatic carbocycles. The Bertz CT molecular complexity index is 3680. The number of halogens is 1. The number of nitrogens with one attached hydrogen (secondary N) is 2. The first-order valence-corrected chi connectivity index (χ1v) is 31.3. The molecule has 4 N–H and O–H groups in total. The maximum Gasteiger partial charge on any atom is 0.409 e. The highest BCUT2D eigenvalue weighted by Crippen LogP contribution is 2.44. The molecule has 0 saturated carbocycles. The molecular weight excluding hydrogens is 1120 g/mol. The number of carbonyl (C=O) groups is 3. The lowest BCUT2D eigenvalue weighted by atomic mass is 9.91. The Morgan fingerprint density at radius 1 is 0.953 bits per heavy atom. The number of pyridine rings is 1. The van der Waals surface area contributed by atoms with E-state index in [4.69, 9.17) is 33.7 Å². The van der Waals surface area contributed by atoms with E-state index in [1.165, 1.54) is 4.90 Å². The van der Waals surface area contributed by atoms with Gasteiger partial charge in [-0.3, -0.25) is 19.5 Å². The largest absolute Gasteiger partial charge is 0.508 e. The van der Waals surface area contributed by atoms with Gasteiger partial charge in [0.15, 0.2) is 11.6 Å². The SMILES string of the molecule is CCc1cccc2cc(O)cc(-c3ncc4c(N5CC6CCC(C5)N6)nc(OC[C@]56CCCN5[C@H](COC(=O)N5CC(COc7cc([C@@H](C(=O)N8C[C@H](O)C[C@H]8C(=O)N[C@@H](C)c8ccc(-c9scnc9C)cc8)C(C)C)on7)C5)CC6)nc4c3F)c12. The fourth-order valence-electron chi connectivity index (χ4n) is 14.3. The summed E-state index contributed by atoms with van der Waals surface area (Å²) in [5.41, 5.74) is 6.14. The van der Waals surface area contributed by atoms with Crippen LogP contribution >= 0.6 is 11.3 Å². The number of fused-ring (bicyclic) bond motifs is 5. The number of phenolic OH excluding ortho intramolecular Hbond substituents is 1. The second-order valence-corrected chi connectivity index (χ2v) is 25.7. The number of thiazole rings is 1. The summed E-state index contributed by atoms with van der Waals surface area (Å²) in [6.07, 6.45) is 6.82. The van der Waals surface area contributed by atoms with Crippen LogP contribution < -0.4 is 25.0 Å². The Hall–Kier alpha value is -7.53. The van der Waals surface area contributed by atoms with Gasteiger partial charge in [0.25, 0.3) is 5.88 Å². The van der Waals surface area contributed by atoms with Gasteiger partial charge in [-0.2, -0.15) is 9.97 Å². The molecule has 13 rings (SSSR count). The van der Waals surface area contributed by atoms with E-state index in [2.05, 4.69) is 37.5 Å². The van der Waals surface area contributed by atoms with Crippen LogP contribution in [0.25, 0.3) is 43.4 Å². The lowest BCUT2D eigenvalue weighted by molar-refractivity contribution is -0.141. The van der Waals surface area contributed by atoms with E-state index in [-0.39, 0.29) is 109 Å². The van der Waals surface area contributed by atoms with Crippen LogP contribution in [0.1, 0.15) is 107 Å². The molecule has 6 saturated heterocycles. The number of nitrogens with zero attached hydrogens (tertiary/aromatic N) is 9. The van der Waals surface area contributed by atoms with Gasteiger partial charge in [-0.25, -0.2) is 14.2 Å². The molecule has 0 spiro atoms. The number of β-amino-alcohol motifs (C(OH)–C–C–N with tert-alkyl or cyclic N) is 1. The number of rotatable bonds is 18. The number of ether oxygens (including phenoxy) is 3. The number of aryl methyl sites for hydroxylation is 2. The third-order valence-corrected chi connectivity index (χ3v) is 19.8. The lowest BCUT2D eigenvalue weighted by Crippen LogP contribution is -2.53. The number of phenols is 1. The highest BCUT2D eigenvalue weighted by atomic mass is 32.1. The number of benzene rings is 3. The normalized spacial score (nSPS) is 23.7. The van der Waals surface area contributed by atoms with Crippen LogP contribution in [0.2, 0.25) is 0 Å². The molecule has 0 radical (unpaired) electrons. The molecular formula is C64H74FN11O9S. The van der Waals surface area contributed by atoms with Gasteiger partial charge >= 0.3 is 12.1 Å². The smallest absolute Gasteiger partial charge is 0.409 e. The standard InChI is InChI=1S/C64H74FN11O9S/c1-6-39-9-7-10-42-21-46(77)22-48(54(39)42)56-55(65)57-49(25-66-56)59(73-28-43-15-16-44(29-73)69-43)71-62(70-57)84-33-64-18-8-20-76(64)45(17-19-64)32-83-63(81)74-26-38(27-74)31-82-52-24-51(85-72-52)53(35(2)3)61(80)75-30-47(78)23-50(75)60(79)68-36(4)40-11-13-41(14-12-40)58-37(5)67-34-86-58/h7,9-14,21-22,24-25,34-36,38,43-45,47,50,53,69,77-78H,6,8,15-20,23,26-33H2,1-5H3,(H,68,79)/t36-,43?,44?,45-,47+,50-,53-,64+/m0/s1. The number of aromatic hydroxyl groups is 1. The van der Waals surface area contributed by atoms with E-state index in [0.29, 0.717) is 67.2 Å². The molecule has 20 nitrogen and oxygen atoms in total. The van der Waals surface area contributed by atoms with Crippen molar-refractivity contribution < 1.29 is 47.7 Å². The summed E-state index contributed by atoms with van der Waals surface area (Å²) in [6.45, 7) is 13.6. The van der Waals surface area contributed by atoms with Crippen molar-refractivity contribution in [3.05, 3.63) is 101 Å². The Morgan fingerprint density at radius 2 is 1.76 bits per heavy atom. The number of hydrogen-bond donors (Lipinski definition) is 4. The molecule has 2 bridgehead atoms. The zero-order valence-electron chi connectivity index (χ0n) is 49.2. The third-order valence-electron chi connectivity index (χ3n) is 18.8. The van der Waals surface area contributed by atoms with Crippen molar-refractivity contribution in [2.45, 2.75) is 134 Å². The molecule has 452 valence electrons. The molecule has 7 aromatic rings. The summed E-state index contributed by atoms with van der Waals surface area (Å²) in [7, 11) is 0. The first-order chi connectivity index (χ1) is 41.6. The molecule has 10 heterocycles. The predicted octanol–water partition coefficient (Wildman–Crippen LogP) is 8.71. The van der Waals surface area contributed by atoms with Crippen LogP contribution in [0.5, 0.6) is 17.6 Å². The predicted molar refractivity (Wildman–Crippen MR) is 322 cm³/mol. The molecule has 8 atom stereocenters. The Labute approximate surface area is 502 Å². The summed E-state index contributed by atoms with van der Waals surface area (Å²) in [6, 6.07) is 18.2. The molecule has 6 fully saturated rings.